The summed E-state index contributed by atoms with van der Waals surface area (Å²) in [6, 6.07) is 1.31. The van der Waals surface area contributed by atoms with Crippen molar-refractivity contribution < 1.29 is 14.6 Å². The van der Waals surface area contributed by atoms with E-state index in [2.05, 4.69) is 9.97 Å². The monoisotopic (exact) mass is 196 g/mol. The highest BCUT2D eigenvalue weighted by Crippen LogP contribution is 2.08. The van der Waals surface area contributed by atoms with E-state index < -0.39 is 5.97 Å². The summed E-state index contributed by atoms with van der Waals surface area (Å²) in [6.07, 6.45) is 1.18. The second-order valence-electron chi connectivity index (χ2n) is 3.25. The Morgan fingerprint density at radius 1 is 1.57 bits per heavy atom. The van der Waals surface area contributed by atoms with Gasteiger partial charge in [0.2, 0.25) is 5.88 Å². The molecule has 0 aliphatic carbocycles. The van der Waals surface area contributed by atoms with E-state index in [0.717, 1.165) is 0 Å². The summed E-state index contributed by atoms with van der Waals surface area (Å²) in [5, 5.41) is 8.64. The van der Waals surface area contributed by atoms with Crippen LogP contribution in [0.3, 0.4) is 0 Å². The van der Waals surface area contributed by atoms with Crippen molar-refractivity contribution in [1.82, 2.24) is 9.97 Å². The first-order chi connectivity index (χ1) is 6.59. The summed E-state index contributed by atoms with van der Waals surface area (Å²) >= 11 is 0. The lowest BCUT2D eigenvalue weighted by Crippen LogP contribution is -2.07. The average molecular weight is 196 g/mol. The molecule has 1 rings (SSSR count). The molecular formula is C9H12N2O3. The predicted molar refractivity (Wildman–Crippen MR) is 49.3 cm³/mol. The number of carboxylic acids is 1. The van der Waals surface area contributed by atoms with Gasteiger partial charge in [-0.1, -0.05) is 13.8 Å². The fourth-order valence-corrected chi connectivity index (χ4v) is 0.787. The number of carbonyl (C=O) groups is 1. The van der Waals surface area contributed by atoms with Crippen LogP contribution in [0.4, 0.5) is 0 Å². The standard InChI is InChI=1S/C9H12N2O3/c1-6(2)4-14-8-3-7(9(12)13)10-5-11-8/h3,5-6H,4H2,1-2H3,(H,12,13). The van der Waals surface area contributed by atoms with Crippen LogP contribution < -0.4 is 4.74 Å². The maximum absolute atomic E-state index is 10.5. The van der Waals surface area contributed by atoms with E-state index in [-0.39, 0.29) is 5.69 Å². The zero-order chi connectivity index (χ0) is 10.6. The lowest BCUT2D eigenvalue weighted by Gasteiger charge is -2.06. The topological polar surface area (TPSA) is 72.3 Å². The van der Waals surface area contributed by atoms with Crippen LogP contribution in [0, 0.1) is 5.92 Å². The van der Waals surface area contributed by atoms with Gasteiger partial charge in [0.25, 0.3) is 0 Å². The van der Waals surface area contributed by atoms with Gasteiger partial charge < -0.3 is 9.84 Å². The molecule has 0 amide bonds. The summed E-state index contributed by atoms with van der Waals surface area (Å²) in [7, 11) is 0. The van der Waals surface area contributed by atoms with Gasteiger partial charge in [-0.25, -0.2) is 14.8 Å². The summed E-state index contributed by atoms with van der Waals surface area (Å²) < 4.78 is 5.24. The summed E-state index contributed by atoms with van der Waals surface area (Å²) in [4.78, 5) is 17.9. The molecule has 1 aromatic rings. The average Bonchev–Trinajstić information content (AvgIpc) is 2.15. The van der Waals surface area contributed by atoms with Gasteiger partial charge in [-0.2, -0.15) is 0 Å². The van der Waals surface area contributed by atoms with Gasteiger partial charge in [0.1, 0.15) is 6.33 Å². The molecule has 14 heavy (non-hydrogen) atoms. The Hall–Kier alpha value is -1.65. The highest BCUT2D eigenvalue weighted by atomic mass is 16.5. The molecule has 0 aliphatic rings. The Bertz CT molecular complexity index is 326. The molecule has 0 spiro atoms. The Morgan fingerprint density at radius 2 is 2.29 bits per heavy atom. The molecule has 1 heterocycles. The zero-order valence-electron chi connectivity index (χ0n) is 8.10. The van der Waals surface area contributed by atoms with Gasteiger partial charge in [-0.05, 0) is 5.92 Å². The quantitative estimate of drug-likeness (QED) is 0.783. The third-order valence-corrected chi connectivity index (χ3v) is 1.43. The number of nitrogens with zero attached hydrogens (tertiary/aromatic N) is 2. The maximum Gasteiger partial charge on any atom is 0.354 e. The first-order valence-electron chi connectivity index (χ1n) is 4.27. The van der Waals surface area contributed by atoms with Crippen LogP contribution in [0.15, 0.2) is 12.4 Å². The molecule has 0 aliphatic heterocycles. The van der Waals surface area contributed by atoms with Crippen molar-refractivity contribution in [3.05, 3.63) is 18.1 Å². The molecule has 0 saturated heterocycles. The molecule has 0 radical (unpaired) electrons. The number of hydrogen-bond donors (Lipinski definition) is 1. The van der Waals surface area contributed by atoms with Crippen LogP contribution in [-0.4, -0.2) is 27.7 Å². The molecule has 1 N–H and O–H groups in total. The van der Waals surface area contributed by atoms with Crippen LogP contribution in [0.2, 0.25) is 0 Å². The van der Waals surface area contributed by atoms with Crippen molar-refractivity contribution in [3.8, 4) is 5.88 Å². The van der Waals surface area contributed by atoms with E-state index in [1.165, 1.54) is 12.4 Å². The Kier molecular flexibility index (Phi) is 3.39. The van der Waals surface area contributed by atoms with Gasteiger partial charge in [0.05, 0.1) is 6.61 Å². The van der Waals surface area contributed by atoms with E-state index in [9.17, 15) is 4.79 Å². The maximum atomic E-state index is 10.5. The largest absolute Gasteiger partial charge is 0.477 e. The molecule has 1 aromatic heterocycles. The van der Waals surface area contributed by atoms with E-state index >= 15 is 0 Å². The summed E-state index contributed by atoms with van der Waals surface area (Å²) in [5.74, 6) is -0.411. The highest BCUT2D eigenvalue weighted by molar-refractivity contribution is 5.85. The van der Waals surface area contributed by atoms with Crippen LogP contribution in [0.5, 0.6) is 5.88 Å². The molecule has 5 nitrogen and oxygen atoms in total. The number of aromatic carboxylic acids is 1. The van der Waals surface area contributed by atoms with Crippen LogP contribution in [0.25, 0.3) is 0 Å². The van der Waals surface area contributed by atoms with E-state index in [1.54, 1.807) is 0 Å². The first kappa shape index (κ1) is 10.4. The highest BCUT2D eigenvalue weighted by Gasteiger charge is 2.06. The molecule has 0 saturated carbocycles. The first-order valence-corrected chi connectivity index (χ1v) is 4.27. The smallest absolute Gasteiger partial charge is 0.354 e. The van der Waals surface area contributed by atoms with Crippen LogP contribution in [0.1, 0.15) is 24.3 Å². The molecule has 5 heteroatoms. The Labute approximate surface area is 81.8 Å². The van der Waals surface area contributed by atoms with E-state index in [0.29, 0.717) is 18.4 Å². The van der Waals surface area contributed by atoms with Crippen LogP contribution >= 0.6 is 0 Å². The minimum atomic E-state index is -1.08. The number of rotatable bonds is 4. The third-order valence-electron chi connectivity index (χ3n) is 1.43. The Balaban J connectivity index is 2.69. The normalized spacial score (nSPS) is 10.2. The fraction of sp³-hybridized carbons (Fsp3) is 0.444. The minimum absolute atomic E-state index is 0.0567. The van der Waals surface area contributed by atoms with Gasteiger partial charge >= 0.3 is 5.97 Å². The summed E-state index contributed by atoms with van der Waals surface area (Å²) in [6.45, 7) is 4.51. The zero-order valence-corrected chi connectivity index (χ0v) is 8.10. The van der Waals surface area contributed by atoms with Gasteiger partial charge in [-0.15, -0.1) is 0 Å². The lowest BCUT2D eigenvalue weighted by atomic mass is 10.2. The van der Waals surface area contributed by atoms with Gasteiger partial charge in [0, 0.05) is 6.07 Å². The fourth-order valence-electron chi connectivity index (χ4n) is 0.787. The molecule has 0 fully saturated rings. The van der Waals surface area contributed by atoms with Crippen molar-refractivity contribution in [2.45, 2.75) is 13.8 Å². The van der Waals surface area contributed by atoms with Crippen molar-refractivity contribution in [2.75, 3.05) is 6.61 Å². The second kappa shape index (κ2) is 4.55. The van der Waals surface area contributed by atoms with Crippen molar-refractivity contribution in [1.29, 1.82) is 0 Å². The molecule has 0 aromatic carbocycles. The Morgan fingerprint density at radius 3 is 2.86 bits per heavy atom. The second-order valence-corrected chi connectivity index (χ2v) is 3.25. The van der Waals surface area contributed by atoms with Crippen molar-refractivity contribution >= 4 is 5.97 Å². The SMILES string of the molecule is CC(C)COc1cc(C(=O)O)ncn1. The van der Waals surface area contributed by atoms with E-state index in [4.69, 9.17) is 9.84 Å². The number of aromatic nitrogens is 2. The van der Waals surface area contributed by atoms with Gasteiger partial charge in [0.15, 0.2) is 5.69 Å². The lowest BCUT2D eigenvalue weighted by molar-refractivity contribution is 0.0689. The van der Waals surface area contributed by atoms with Crippen LogP contribution in [-0.2, 0) is 0 Å². The third kappa shape index (κ3) is 3.01. The molecule has 76 valence electrons. The van der Waals surface area contributed by atoms with Crippen molar-refractivity contribution in [2.24, 2.45) is 5.92 Å². The van der Waals surface area contributed by atoms with Gasteiger partial charge in [-0.3, -0.25) is 0 Å². The molecule has 0 unspecified atom stereocenters. The number of carboxylic acid groups (broad SMARTS) is 1. The number of ether oxygens (including phenoxy) is 1. The minimum Gasteiger partial charge on any atom is -0.477 e. The predicted octanol–water partition coefficient (Wildman–Crippen LogP) is 1.21. The molecule has 0 bridgehead atoms. The summed E-state index contributed by atoms with van der Waals surface area (Å²) in [5.41, 5.74) is -0.0567. The van der Waals surface area contributed by atoms with Crippen molar-refractivity contribution in [3.63, 3.8) is 0 Å². The number of hydrogen-bond acceptors (Lipinski definition) is 4. The molecular weight excluding hydrogens is 184 g/mol. The molecule has 0 atom stereocenters. The van der Waals surface area contributed by atoms with E-state index in [1.807, 2.05) is 13.8 Å².